The van der Waals surface area contributed by atoms with Crippen molar-refractivity contribution in [2.24, 2.45) is 5.84 Å². The second kappa shape index (κ2) is 15.6. The number of rotatable bonds is 5. The molecule has 0 bridgehead atoms. The third-order valence-electron chi connectivity index (χ3n) is 4.00. The molecular formula is C22H26F6N4O5. The smallest absolute Gasteiger partial charge is 0.416 e. The highest BCUT2D eigenvalue weighted by Gasteiger charge is 2.30. The van der Waals surface area contributed by atoms with Crippen molar-refractivity contribution in [3.63, 3.8) is 0 Å². The number of carbonyl (C=O) groups is 1. The quantitative estimate of drug-likeness (QED) is 0.154. The van der Waals surface area contributed by atoms with Gasteiger partial charge in [0.2, 0.25) is 12.3 Å². The summed E-state index contributed by atoms with van der Waals surface area (Å²) >= 11 is 0. The van der Waals surface area contributed by atoms with Crippen molar-refractivity contribution >= 4 is 5.91 Å². The summed E-state index contributed by atoms with van der Waals surface area (Å²) in [5.41, 5.74) is 0.859. The van der Waals surface area contributed by atoms with E-state index in [1.165, 1.54) is 33.5 Å². The summed E-state index contributed by atoms with van der Waals surface area (Å²) < 4.78 is 91.5. The molecule has 0 aliphatic carbocycles. The maximum Gasteiger partial charge on any atom is 0.416 e. The van der Waals surface area contributed by atoms with Gasteiger partial charge in [-0.15, -0.1) is 10.2 Å². The Balaban J connectivity index is 0.000000553. The van der Waals surface area contributed by atoms with E-state index in [4.69, 9.17) is 10.3 Å². The summed E-state index contributed by atoms with van der Waals surface area (Å²) in [6.45, 7) is -0.514. The predicted molar refractivity (Wildman–Crippen MR) is 119 cm³/mol. The molecule has 9 nitrogen and oxygen atoms in total. The van der Waals surface area contributed by atoms with E-state index >= 15 is 0 Å². The minimum absolute atomic E-state index is 0. The standard InChI is InChI=1S/C9H5F3N2O.C8H7F3N2O.C4H10O3.CH4/c10-9(11,12)7-3-1-6(2-4-7)8-14-13-5-15-8;9-8(10,11)6-3-1-5(2-4-6)7(14)13-12;1-5-4(6-2)7-3;/h1-5H;1-4H,12H2,(H,13,14);4H,1-3H3;1H4. The molecule has 1 aromatic heterocycles. The number of carbonyl (C=O) groups excluding carboxylic acids is 1. The number of aromatic nitrogens is 2. The van der Waals surface area contributed by atoms with Crippen LogP contribution in [0.3, 0.4) is 0 Å². The van der Waals surface area contributed by atoms with Gasteiger partial charge >= 0.3 is 12.4 Å². The van der Waals surface area contributed by atoms with Crippen LogP contribution in [0.25, 0.3) is 11.5 Å². The summed E-state index contributed by atoms with van der Waals surface area (Å²) in [5.74, 6) is 4.38. The Labute approximate surface area is 208 Å². The lowest BCUT2D eigenvalue weighted by Crippen LogP contribution is -2.29. The van der Waals surface area contributed by atoms with Crippen LogP contribution in [0.4, 0.5) is 26.3 Å². The number of ether oxygens (including phenoxy) is 3. The minimum atomic E-state index is -4.39. The fraction of sp³-hybridized carbons (Fsp3) is 0.318. The van der Waals surface area contributed by atoms with Gasteiger partial charge in [-0.05, 0) is 48.5 Å². The van der Waals surface area contributed by atoms with Gasteiger partial charge in [0.15, 0.2) is 0 Å². The molecule has 3 rings (SSSR count). The van der Waals surface area contributed by atoms with E-state index in [1.807, 2.05) is 5.43 Å². The molecule has 0 aliphatic rings. The van der Waals surface area contributed by atoms with Crippen molar-refractivity contribution in [3.05, 3.63) is 71.6 Å². The number of hydrogen-bond acceptors (Lipinski definition) is 8. The molecule has 0 unspecified atom stereocenters. The van der Waals surface area contributed by atoms with Gasteiger partial charge in [0, 0.05) is 32.5 Å². The SMILES string of the molecule is C.COC(OC)OC.FC(F)(F)c1ccc(-c2nnco2)cc1.NNC(=O)c1ccc(C(F)(F)F)cc1. The number of hydrazine groups is 1. The van der Waals surface area contributed by atoms with Crippen LogP contribution in [0.2, 0.25) is 0 Å². The first-order valence-electron chi connectivity index (χ1n) is 9.57. The number of nitrogens with one attached hydrogen (secondary N) is 1. The summed E-state index contributed by atoms with van der Waals surface area (Å²) in [5, 5.41) is 7.01. The predicted octanol–water partition coefficient (Wildman–Crippen LogP) is 4.91. The fourth-order valence-corrected chi connectivity index (χ4v) is 2.28. The molecular weight excluding hydrogens is 514 g/mol. The summed E-state index contributed by atoms with van der Waals surface area (Å²) in [7, 11) is 4.53. The lowest BCUT2D eigenvalue weighted by Gasteiger charge is -2.08. The molecule has 2 aromatic carbocycles. The molecule has 1 heterocycles. The Morgan fingerprint density at radius 1 is 0.865 bits per heavy atom. The van der Waals surface area contributed by atoms with Crippen molar-refractivity contribution in [1.29, 1.82) is 0 Å². The van der Waals surface area contributed by atoms with Crippen LogP contribution in [0.5, 0.6) is 0 Å². The zero-order valence-corrected chi connectivity index (χ0v) is 19.1. The Morgan fingerprint density at radius 3 is 1.59 bits per heavy atom. The third-order valence-corrected chi connectivity index (χ3v) is 4.00. The highest BCUT2D eigenvalue weighted by molar-refractivity contribution is 5.93. The van der Waals surface area contributed by atoms with E-state index in [1.54, 1.807) is 0 Å². The zero-order valence-electron chi connectivity index (χ0n) is 19.1. The van der Waals surface area contributed by atoms with E-state index in [2.05, 4.69) is 24.4 Å². The van der Waals surface area contributed by atoms with Gasteiger partial charge in [0.05, 0.1) is 11.1 Å². The van der Waals surface area contributed by atoms with Gasteiger partial charge in [0.25, 0.3) is 12.4 Å². The Hall–Kier alpha value is -3.53. The average molecular weight is 540 g/mol. The van der Waals surface area contributed by atoms with E-state index in [0.717, 1.165) is 42.8 Å². The van der Waals surface area contributed by atoms with Crippen LogP contribution in [-0.4, -0.2) is 43.9 Å². The molecule has 1 amide bonds. The molecule has 0 saturated carbocycles. The molecule has 0 radical (unpaired) electrons. The molecule has 0 fully saturated rings. The monoisotopic (exact) mass is 540 g/mol. The number of halogens is 6. The Bertz CT molecular complexity index is 1020. The number of nitrogens with two attached hydrogens (primary N) is 1. The normalized spacial score (nSPS) is 10.9. The van der Waals surface area contributed by atoms with Crippen LogP contribution >= 0.6 is 0 Å². The van der Waals surface area contributed by atoms with Crippen molar-refractivity contribution in [2.45, 2.75) is 26.3 Å². The molecule has 0 aliphatic heterocycles. The van der Waals surface area contributed by atoms with Crippen LogP contribution in [0.15, 0.2) is 59.3 Å². The van der Waals surface area contributed by atoms with Gasteiger partial charge in [-0.3, -0.25) is 10.2 Å². The summed E-state index contributed by atoms with van der Waals surface area (Å²) in [4.78, 5) is 10.9. The van der Waals surface area contributed by atoms with Gasteiger partial charge in [-0.2, -0.15) is 26.3 Å². The largest absolute Gasteiger partial charge is 0.423 e. The zero-order chi connectivity index (χ0) is 27.4. The highest BCUT2D eigenvalue weighted by Crippen LogP contribution is 2.30. The first-order chi connectivity index (χ1) is 16.9. The summed E-state index contributed by atoms with van der Waals surface area (Å²) in [6.07, 6.45) is -7.60. The molecule has 3 aromatic rings. The second-order valence-electron chi connectivity index (χ2n) is 6.36. The number of benzene rings is 2. The van der Waals surface area contributed by atoms with E-state index in [0.29, 0.717) is 5.56 Å². The van der Waals surface area contributed by atoms with Crippen LogP contribution in [0.1, 0.15) is 28.9 Å². The molecule has 0 saturated heterocycles. The number of amides is 1. The van der Waals surface area contributed by atoms with E-state index in [-0.39, 0.29) is 18.9 Å². The summed E-state index contributed by atoms with van der Waals surface area (Å²) in [6, 6.07) is 8.29. The third kappa shape index (κ3) is 11.4. The number of methoxy groups -OCH3 is 3. The maximum atomic E-state index is 12.2. The molecule has 206 valence electrons. The van der Waals surface area contributed by atoms with Crippen LogP contribution < -0.4 is 11.3 Å². The Kier molecular flexibility index (Phi) is 14.1. The number of hydrogen-bond donors (Lipinski definition) is 2. The first kappa shape index (κ1) is 33.5. The number of nitrogen functional groups attached to an aromatic ring is 1. The topological polar surface area (TPSA) is 122 Å². The van der Waals surface area contributed by atoms with Crippen molar-refractivity contribution in [2.75, 3.05) is 21.3 Å². The molecule has 0 spiro atoms. The van der Waals surface area contributed by atoms with Gasteiger partial charge in [0.1, 0.15) is 0 Å². The number of nitrogens with zero attached hydrogens (tertiary/aromatic N) is 2. The first-order valence-corrected chi connectivity index (χ1v) is 9.57. The van der Waals surface area contributed by atoms with Crippen molar-refractivity contribution < 1.29 is 49.8 Å². The van der Waals surface area contributed by atoms with E-state index in [9.17, 15) is 31.1 Å². The van der Waals surface area contributed by atoms with Gasteiger partial charge < -0.3 is 18.6 Å². The average Bonchev–Trinajstić information content (AvgIpc) is 3.40. The molecule has 15 heteroatoms. The van der Waals surface area contributed by atoms with Crippen LogP contribution in [0, 0.1) is 0 Å². The molecule has 0 atom stereocenters. The lowest BCUT2D eigenvalue weighted by molar-refractivity contribution is -0.252. The maximum absolute atomic E-state index is 12.2. The van der Waals surface area contributed by atoms with Gasteiger partial charge in [-0.25, -0.2) is 5.84 Å². The second-order valence-corrected chi connectivity index (χ2v) is 6.36. The van der Waals surface area contributed by atoms with Crippen molar-refractivity contribution in [1.82, 2.24) is 15.6 Å². The minimum Gasteiger partial charge on any atom is -0.423 e. The van der Waals surface area contributed by atoms with Gasteiger partial charge in [-0.1, -0.05) is 7.43 Å². The molecule has 37 heavy (non-hydrogen) atoms. The Morgan fingerprint density at radius 2 is 1.30 bits per heavy atom. The van der Waals surface area contributed by atoms with Crippen molar-refractivity contribution in [3.8, 4) is 11.5 Å². The fourth-order valence-electron chi connectivity index (χ4n) is 2.28. The molecule has 3 N–H and O–H groups in total. The number of alkyl halides is 6. The van der Waals surface area contributed by atoms with E-state index < -0.39 is 35.9 Å². The lowest BCUT2D eigenvalue weighted by atomic mass is 10.1. The highest BCUT2D eigenvalue weighted by atomic mass is 19.4. The van der Waals surface area contributed by atoms with Crippen LogP contribution in [-0.2, 0) is 26.6 Å².